The molecule has 0 fully saturated rings. The Morgan fingerprint density at radius 2 is 1.40 bits per heavy atom. The Labute approximate surface area is 59.6 Å². The molecule has 2 heterocycles. The monoisotopic (exact) mass is 142 g/mol. The maximum absolute atomic E-state index is 4.65. The van der Waals surface area contributed by atoms with Crippen LogP contribution in [0.15, 0.2) is 9.98 Å². The van der Waals surface area contributed by atoms with Crippen LogP contribution in [-0.4, -0.2) is 39.1 Å². The van der Waals surface area contributed by atoms with E-state index < -0.39 is 0 Å². The first-order valence-corrected chi connectivity index (χ1v) is 3.20. The lowest BCUT2D eigenvalue weighted by Crippen LogP contribution is -1.80. The van der Waals surface area contributed by atoms with Crippen LogP contribution >= 0.6 is 0 Å². The highest BCUT2D eigenvalue weighted by Crippen LogP contribution is 1.79. The van der Waals surface area contributed by atoms with Gasteiger partial charge in [-0.05, 0) is 0 Å². The minimum absolute atomic E-state index is 0.778. The second kappa shape index (κ2) is 4.78. The molecule has 0 radical (unpaired) electrons. The van der Waals surface area contributed by atoms with E-state index >= 15 is 0 Å². The zero-order valence-electron chi connectivity index (χ0n) is 5.69. The third-order valence-electron chi connectivity index (χ3n) is 0.975. The van der Waals surface area contributed by atoms with Crippen LogP contribution in [0.25, 0.3) is 0 Å². The summed E-state index contributed by atoms with van der Waals surface area (Å²) in [6.45, 7) is 3.25. The van der Waals surface area contributed by atoms with Crippen LogP contribution in [0.3, 0.4) is 0 Å². The standard InChI is InChI=1S/2C3H5NO/c2*1-2-5-3-4-1/h2*3H,1-2H2. The number of ether oxygens (including phenoxy) is 2. The van der Waals surface area contributed by atoms with Crippen molar-refractivity contribution in [2.45, 2.75) is 0 Å². The van der Waals surface area contributed by atoms with E-state index in [4.69, 9.17) is 0 Å². The van der Waals surface area contributed by atoms with Crippen LogP contribution in [0.5, 0.6) is 0 Å². The first-order valence-electron chi connectivity index (χ1n) is 3.20. The average Bonchev–Trinajstić information content (AvgIpc) is 2.67. The highest BCUT2D eigenvalue weighted by Gasteiger charge is 1.85. The maximum atomic E-state index is 4.65. The van der Waals surface area contributed by atoms with Crippen LogP contribution in [0.1, 0.15) is 0 Å². The minimum Gasteiger partial charge on any atom is -0.482 e. The van der Waals surface area contributed by atoms with Crippen LogP contribution in [0, 0.1) is 0 Å². The topological polar surface area (TPSA) is 43.2 Å². The third-order valence-corrected chi connectivity index (χ3v) is 0.975. The summed E-state index contributed by atoms with van der Waals surface area (Å²) >= 11 is 0. The molecule has 0 amide bonds. The Kier molecular flexibility index (Phi) is 3.37. The smallest absolute Gasteiger partial charge is 0.169 e. The minimum atomic E-state index is 0.778. The molecule has 0 aliphatic carbocycles. The number of aliphatic imine (C=N–C) groups is 2. The van der Waals surface area contributed by atoms with E-state index in [9.17, 15) is 0 Å². The third kappa shape index (κ3) is 3.06. The average molecular weight is 142 g/mol. The number of hydrogen-bond donors (Lipinski definition) is 0. The van der Waals surface area contributed by atoms with E-state index in [1.807, 2.05) is 0 Å². The molecule has 0 saturated heterocycles. The molecule has 0 bridgehead atoms. The summed E-state index contributed by atoms with van der Waals surface area (Å²) in [6.07, 6.45) is 2.97. The molecule has 2 aliphatic rings. The summed E-state index contributed by atoms with van der Waals surface area (Å²) in [5.41, 5.74) is 0. The van der Waals surface area contributed by atoms with Crippen molar-refractivity contribution in [3.8, 4) is 0 Å². The fraction of sp³-hybridized carbons (Fsp3) is 0.667. The van der Waals surface area contributed by atoms with Crippen molar-refractivity contribution in [3.05, 3.63) is 0 Å². The van der Waals surface area contributed by atoms with Gasteiger partial charge in [0.1, 0.15) is 13.2 Å². The molecule has 0 saturated carbocycles. The molecule has 2 rings (SSSR count). The molecule has 56 valence electrons. The van der Waals surface area contributed by atoms with Crippen molar-refractivity contribution in [1.29, 1.82) is 0 Å². The van der Waals surface area contributed by atoms with Gasteiger partial charge in [0.15, 0.2) is 12.8 Å². The van der Waals surface area contributed by atoms with Crippen LogP contribution in [-0.2, 0) is 9.47 Å². The Balaban J connectivity index is 0.0000001000. The van der Waals surface area contributed by atoms with E-state index in [0.29, 0.717) is 0 Å². The van der Waals surface area contributed by atoms with Gasteiger partial charge in [-0.25, -0.2) is 0 Å². The molecule has 0 aromatic rings. The largest absolute Gasteiger partial charge is 0.482 e. The van der Waals surface area contributed by atoms with Gasteiger partial charge in [-0.2, -0.15) is 0 Å². The van der Waals surface area contributed by atoms with Crippen LogP contribution in [0.2, 0.25) is 0 Å². The molecular formula is C6H10N2O2. The van der Waals surface area contributed by atoms with Gasteiger partial charge >= 0.3 is 0 Å². The first kappa shape index (κ1) is 7.05. The number of nitrogens with zero attached hydrogens (tertiary/aromatic N) is 2. The molecule has 0 unspecified atom stereocenters. The Hall–Kier alpha value is -1.06. The summed E-state index contributed by atoms with van der Waals surface area (Å²) in [5, 5.41) is 0. The van der Waals surface area contributed by atoms with Crippen molar-refractivity contribution in [3.63, 3.8) is 0 Å². The molecule has 4 nitrogen and oxygen atoms in total. The predicted octanol–water partition coefficient (Wildman–Crippen LogP) is 0.0898. The van der Waals surface area contributed by atoms with Gasteiger partial charge in [0, 0.05) is 0 Å². The molecule has 0 aromatic carbocycles. The fourth-order valence-corrected chi connectivity index (χ4v) is 0.527. The summed E-state index contributed by atoms with van der Waals surface area (Å²) < 4.78 is 9.31. The second-order valence-corrected chi connectivity index (χ2v) is 1.76. The fourth-order valence-electron chi connectivity index (χ4n) is 0.527. The molecule has 2 aliphatic heterocycles. The summed E-state index contributed by atoms with van der Waals surface area (Å²) in [4.78, 5) is 7.47. The highest BCUT2D eigenvalue weighted by atomic mass is 16.5. The summed E-state index contributed by atoms with van der Waals surface area (Å²) in [6, 6.07) is 0. The van der Waals surface area contributed by atoms with Crippen molar-refractivity contribution < 1.29 is 9.47 Å². The van der Waals surface area contributed by atoms with Gasteiger partial charge in [0.05, 0.1) is 13.1 Å². The number of hydrogen-bond acceptors (Lipinski definition) is 4. The van der Waals surface area contributed by atoms with Crippen LogP contribution < -0.4 is 0 Å². The van der Waals surface area contributed by atoms with Gasteiger partial charge < -0.3 is 9.47 Å². The normalized spacial score (nSPS) is 19.2. The summed E-state index contributed by atoms with van der Waals surface area (Å²) in [7, 11) is 0. The van der Waals surface area contributed by atoms with E-state index in [2.05, 4.69) is 19.5 Å². The molecule has 10 heavy (non-hydrogen) atoms. The van der Waals surface area contributed by atoms with Gasteiger partial charge in [0.2, 0.25) is 0 Å². The zero-order chi connectivity index (χ0) is 7.07. The highest BCUT2D eigenvalue weighted by molar-refractivity contribution is 5.48. The molecule has 0 atom stereocenters. The lowest BCUT2D eigenvalue weighted by molar-refractivity contribution is 0.361. The quantitative estimate of drug-likeness (QED) is 0.481. The zero-order valence-corrected chi connectivity index (χ0v) is 5.69. The van der Waals surface area contributed by atoms with E-state index in [-0.39, 0.29) is 0 Å². The lowest BCUT2D eigenvalue weighted by atomic mass is 10.8. The van der Waals surface area contributed by atoms with Crippen LogP contribution in [0.4, 0.5) is 0 Å². The van der Waals surface area contributed by atoms with Gasteiger partial charge in [0.25, 0.3) is 0 Å². The van der Waals surface area contributed by atoms with Crippen molar-refractivity contribution in [2.24, 2.45) is 9.98 Å². The van der Waals surface area contributed by atoms with E-state index in [1.54, 1.807) is 0 Å². The predicted molar refractivity (Wildman–Crippen MR) is 38.6 cm³/mol. The summed E-state index contributed by atoms with van der Waals surface area (Å²) in [5.74, 6) is 0. The Morgan fingerprint density at radius 1 is 0.900 bits per heavy atom. The van der Waals surface area contributed by atoms with Gasteiger partial charge in [-0.3, -0.25) is 9.98 Å². The van der Waals surface area contributed by atoms with Gasteiger partial charge in [-0.15, -0.1) is 0 Å². The van der Waals surface area contributed by atoms with E-state index in [1.165, 1.54) is 12.8 Å². The van der Waals surface area contributed by atoms with Crippen molar-refractivity contribution in [1.82, 2.24) is 0 Å². The molecule has 0 aromatic heterocycles. The van der Waals surface area contributed by atoms with Crippen molar-refractivity contribution in [2.75, 3.05) is 26.3 Å². The molecule has 0 N–H and O–H groups in total. The Morgan fingerprint density at radius 3 is 1.50 bits per heavy atom. The SMILES string of the molecule is C1=NCCO1.C1=NCCO1. The first-order chi connectivity index (χ1) is 5.00. The molecule has 4 heteroatoms. The molecule has 0 spiro atoms. The lowest BCUT2D eigenvalue weighted by Gasteiger charge is -1.76. The van der Waals surface area contributed by atoms with E-state index in [0.717, 1.165) is 26.3 Å². The molecular weight excluding hydrogens is 132 g/mol. The van der Waals surface area contributed by atoms with Gasteiger partial charge in [-0.1, -0.05) is 0 Å². The van der Waals surface area contributed by atoms with Crippen molar-refractivity contribution >= 4 is 12.8 Å². The second-order valence-electron chi connectivity index (χ2n) is 1.76. The number of rotatable bonds is 0. The Bertz CT molecular complexity index is 106. The maximum Gasteiger partial charge on any atom is 0.169 e.